The third-order valence-electron chi connectivity index (χ3n) is 3.56. The zero-order valence-corrected chi connectivity index (χ0v) is 14.9. The maximum atomic E-state index is 12.7. The first-order valence-corrected chi connectivity index (χ1v) is 9.00. The van der Waals surface area contributed by atoms with E-state index in [0.29, 0.717) is 36.1 Å². The Balaban J connectivity index is 1.72. The van der Waals surface area contributed by atoms with Crippen LogP contribution < -0.4 is 24.8 Å². The highest BCUT2D eigenvalue weighted by Gasteiger charge is 2.20. The molecule has 1 aromatic carbocycles. The lowest BCUT2D eigenvalue weighted by Crippen LogP contribution is -2.36. The molecule has 0 unspecified atom stereocenters. The molecule has 2 aromatic rings. The summed E-state index contributed by atoms with van der Waals surface area (Å²) in [6.45, 7) is 0.541. The summed E-state index contributed by atoms with van der Waals surface area (Å²) in [5.41, 5.74) is 1.63. The summed E-state index contributed by atoms with van der Waals surface area (Å²) in [5.74, 6) is 1.52. The lowest BCUT2D eigenvalue weighted by Gasteiger charge is -2.15. The first-order valence-electron chi connectivity index (χ1n) is 8.06. The molecular weight excluding hydrogens is 364 g/mol. The molecule has 26 heavy (non-hydrogen) atoms. The van der Waals surface area contributed by atoms with Crippen LogP contribution in [0.4, 0.5) is 8.78 Å². The smallest absolute Gasteiger partial charge is 0.387 e. The topological polar surface area (TPSA) is 64.1 Å². The summed E-state index contributed by atoms with van der Waals surface area (Å²) >= 11 is 1.61. The van der Waals surface area contributed by atoms with E-state index in [2.05, 4.69) is 20.4 Å². The highest BCUT2D eigenvalue weighted by Crippen LogP contribution is 2.38. The van der Waals surface area contributed by atoms with E-state index in [1.54, 1.807) is 17.4 Å². The number of thiophene rings is 1. The summed E-state index contributed by atoms with van der Waals surface area (Å²) in [6.07, 6.45) is 0. The second kappa shape index (κ2) is 8.70. The van der Waals surface area contributed by atoms with Crippen LogP contribution in [0.2, 0.25) is 0 Å². The van der Waals surface area contributed by atoms with Gasteiger partial charge in [-0.25, -0.2) is 4.99 Å². The average molecular weight is 383 g/mol. The van der Waals surface area contributed by atoms with E-state index in [4.69, 9.17) is 9.47 Å². The molecule has 9 heteroatoms. The number of guanidine groups is 1. The molecule has 0 spiro atoms. The first kappa shape index (κ1) is 18.2. The normalized spacial score (nSPS) is 13.2. The van der Waals surface area contributed by atoms with Crippen molar-refractivity contribution in [3.8, 4) is 17.2 Å². The van der Waals surface area contributed by atoms with E-state index in [9.17, 15) is 8.78 Å². The van der Waals surface area contributed by atoms with Crippen molar-refractivity contribution in [2.24, 2.45) is 4.99 Å². The van der Waals surface area contributed by atoms with Gasteiger partial charge in [-0.2, -0.15) is 20.1 Å². The molecule has 1 aliphatic heterocycles. The van der Waals surface area contributed by atoms with Crippen molar-refractivity contribution in [1.82, 2.24) is 10.6 Å². The van der Waals surface area contributed by atoms with Crippen LogP contribution in [-0.2, 0) is 13.1 Å². The van der Waals surface area contributed by atoms with E-state index in [0.717, 1.165) is 5.56 Å². The molecule has 0 atom stereocenters. The molecular formula is C17H19F2N3O3S. The zero-order valence-electron chi connectivity index (χ0n) is 14.1. The summed E-state index contributed by atoms with van der Waals surface area (Å²) in [7, 11) is 0. The van der Waals surface area contributed by atoms with Crippen molar-refractivity contribution in [2.45, 2.75) is 26.6 Å². The largest absolute Gasteiger partial charge is 0.454 e. The Kier molecular flexibility index (Phi) is 6.11. The number of hydrogen-bond acceptors (Lipinski definition) is 5. The first-order chi connectivity index (χ1) is 12.7. The maximum absolute atomic E-state index is 12.7. The fraction of sp³-hybridized carbons (Fsp3) is 0.353. The monoisotopic (exact) mass is 383 g/mol. The summed E-state index contributed by atoms with van der Waals surface area (Å²) in [4.78, 5) is 4.49. The Morgan fingerprint density at radius 1 is 1.31 bits per heavy atom. The van der Waals surface area contributed by atoms with E-state index in [1.165, 1.54) is 6.07 Å². The Hall–Kier alpha value is -2.55. The Bertz CT molecular complexity index is 754. The van der Waals surface area contributed by atoms with Crippen molar-refractivity contribution in [1.29, 1.82) is 0 Å². The van der Waals surface area contributed by atoms with Gasteiger partial charge in [-0.1, -0.05) is 0 Å². The Morgan fingerprint density at radius 2 is 2.12 bits per heavy atom. The minimum absolute atomic E-state index is 0.0467. The molecule has 140 valence electrons. The van der Waals surface area contributed by atoms with Gasteiger partial charge >= 0.3 is 6.61 Å². The number of benzene rings is 1. The predicted molar refractivity (Wildman–Crippen MR) is 95.2 cm³/mol. The molecule has 0 radical (unpaired) electrons. The lowest BCUT2D eigenvalue weighted by atomic mass is 10.1. The lowest BCUT2D eigenvalue weighted by molar-refractivity contribution is -0.0505. The van der Waals surface area contributed by atoms with Gasteiger partial charge < -0.3 is 24.8 Å². The number of nitrogens with zero attached hydrogens (tertiary/aromatic N) is 1. The molecule has 0 aliphatic carbocycles. The SMILES string of the molecule is CCNC(=NCc1ccsc1)NCc1cc2c(cc1OC(F)F)OCO2. The number of alkyl halides is 2. The van der Waals surface area contributed by atoms with Crippen LogP contribution in [0.25, 0.3) is 0 Å². The molecule has 2 heterocycles. The molecule has 3 rings (SSSR count). The quantitative estimate of drug-likeness (QED) is 0.567. The average Bonchev–Trinajstić information content (AvgIpc) is 3.27. The van der Waals surface area contributed by atoms with Gasteiger partial charge in [-0.3, -0.25) is 0 Å². The number of halogens is 2. The molecule has 1 aliphatic rings. The van der Waals surface area contributed by atoms with Gasteiger partial charge in [-0.05, 0) is 35.4 Å². The number of nitrogens with one attached hydrogen (secondary N) is 2. The van der Waals surface area contributed by atoms with Gasteiger partial charge in [0.1, 0.15) is 5.75 Å². The van der Waals surface area contributed by atoms with Gasteiger partial charge in [-0.15, -0.1) is 0 Å². The van der Waals surface area contributed by atoms with Crippen LogP contribution in [-0.4, -0.2) is 25.9 Å². The molecule has 2 N–H and O–H groups in total. The minimum Gasteiger partial charge on any atom is -0.454 e. The van der Waals surface area contributed by atoms with Crippen LogP contribution >= 0.6 is 11.3 Å². The molecule has 0 saturated heterocycles. The van der Waals surface area contributed by atoms with Crippen molar-refractivity contribution in [3.63, 3.8) is 0 Å². The van der Waals surface area contributed by atoms with Crippen molar-refractivity contribution in [3.05, 3.63) is 40.1 Å². The van der Waals surface area contributed by atoms with Crippen LogP contribution in [0.1, 0.15) is 18.1 Å². The number of aliphatic imine (C=N–C) groups is 1. The molecule has 1 aromatic heterocycles. The third kappa shape index (κ3) is 4.75. The molecule has 0 saturated carbocycles. The van der Waals surface area contributed by atoms with Crippen molar-refractivity contribution < 1.29 is 23.0 Å². The van der Waals surface area contributed by atoms with E-state index in [-0.39, 0.29) is 19.1 Å². The number of ether oxygens (including phenoxy) is 3. The van der Waals surface area contributed by atoms with Crippen LogP contribution in [0.3, 0.4) is 0 Å². The predicted octanol–water partition coefficient (Wildman–Crippen LogP) is 3.33. The standard InChI is InChI=1S/C17H19F2N3O3S/c1-2-20-17(21-7-11-3-4-26-9-11)22-8-12-5-14-15(24-10-23-14)6-13(12)25-16(18)19/h3-6,9,16H,2,7-8,10H2,1H3,(H2,20,21,22). The number of rotatable bonds is 7. The minimum atomic E-state index is -2.92. The third-order valence-corrected chi connectivity index (χ3v) is 4.29. The van der Waals surface area contributed by atoms with Crippen molar-refractivity contribution >= 4 is 17.3 Å². The number of fused-ring (bicyclic) bond motifs is 1. The Labute approximate surface area is 153 Å². The highest BCUT2D eigenvalue weighted by molar-refractivity contribution is 7.07. The summed E-state index contributed by atoms with van der Waals surface area (Å²) in [5, 5.41) is 10.3. The molecule has 0 bridgehead atoms. The van der Waals surface area contributed by atoms with Gasteiger partial charge in [0.15, 0.2) is 17.5 Å². The van der Waals surface area contributed by atoms with Crippen LogP contribution in [0, 0.1) is 0 Å². The summed E-state index contributed by atoms with van der Waals surface area (Å²) in [6, 6.07) is 5.06. The van der Waals surface area contributed by atoms with Crippen molar-refractivity contribution in [2.75, 3.05) is 13.3 Å². The van der Waals surface area contributed by atoms with E-state index >= 15 is 0 Å². The van der Waals surface area contributed by atoms with E-state index in [1.807, 2.05) is 23.8 Å². The van der Waals surface area contributed by atoms with Gasteiger partial charge in [0.25, 0.3) is 0 Å². The molecule has 0 fully saturated rings. The fourth-order valence-electron chi connectivity index (χ4n) is 2.38. The number of hydrogen-bond donors (Lipinski definition) is 2. The zero-order chi connectivity index (χ0) is 18.4. The molecule has 6 nitrogen and oxygen atoms in total. The maximum Gasteiger partial charge on any atom is 0.387 e. The van der Waals surface area contributed by atoms with Gasteiger partial charge in [0, 0.05) is 24.7 Å². The Morgan fingerprint density at radius 3 is 2.81 bits per heavy atom. The second-order valence-corrected chi connectivity index (χ2v) is 6.15. The highest BCUT2D eigenvalue weighted by atomic mass is 32.1. The summed E-state index contributed by atoms with van der Waals surface area (Å²) < 4.78 is 40.5. The van der Waals surface area contributed by atoms with Gasteiger partial charge in [0.2, 0.25) is 6.79 Å². The van der Waals surface area contributed by atoms with Gasteiger partial charge in [0.05, 0.1) is 6.54 Å². The fourth-order valence-corrected chi connectivity index (χ4v) is 3.04. The van der Waals surface area contributed by atoms with Crippen LogP contribution in [0.5, 0.6) is 17.2 Å². The van der Waals surface area contributed by atoms with E-state index < -0.39 is 6.61 Å². The second-order valence-electron chi connectivity index (χ2n) is 5.37. The van der Waals surface area contributed by atoms with Crippen LogP contribution in [0.15, 0.2) is 34.0 Å². The molecule has 0 amide bonds.